The second-order valence-corrected chi connectivity index (χ2v) is 8.26. The lowest BCUT2D eigenvalue weighted by Gasteiger charge is -2.32. The van der Waals surface area contributed by atoms with Crippen LogP contribution in [0.4, 0.5) is 0 Å². The minimum Gasteiger partial charge on any atom is -0.319 e. The van der Waals surface area contributed by atoms with Crippen molar-refractivity contribution in [3.63, 3.8) is 0 Å². The van der Waals surface area contributed by atoms with Crippen LogP contribution in [-0.4, -0.2) is 64.6 Å². The number of hydrogen-bond donors (Lipinski definition) is 1. The van der Waals surface area contributed by atoms with Crippen LogP contribution < -0.4 is 5.32 Å². The Labute approximate surface area is 97.0 Å². The molecule has 1 N–H and O–H groups in total. The predicted octanol–water partition coefficient (Wildman–Crippen LogP) is -1.35. The van der Waals surface area contributed by atoms with E-state index < -0.39 is 25.9 Å². The molecule has 1 aliphatic heterocycles. The molecule has 1 saturated heterocycles. The monoisotopic (exact) mass is 270 g/mol. The molecule has 1 aliphatic rings. The molecule has 8 heteroatoms. The number of sulfone groups is 1. The van der Waals surface area contributed by atoms with Crippen LogP contribution in [0.5, 0.6) is 0 Å². The highest BCUT2D eigenvalue weighted by Gasteiger charge is 2.34. The molecule has 0 saturated carbocycles. The first-order valence-electron chi connectivity index (χ1n) is 5.13. The maximum atomic E-state index is 11.9. The highest BCUT2D eigenvalue weighted by molar-refractivity contribution is 7.92. The number of nitrogens with one attached hydrogen (secondary N) is 1. The largest absolute Gasteiger partial charge is 0.319 e. The van der Waals surface area contributed by atoms with E-state index in [2.05, 4.69) is 5.32 Å². The predicted molar refractivity (Wildman–Crippen MR) is 62.5 cm³/mol. The SMILES string of the molecule is CNCCS(=O)(=O)N1CCS(=O)(=O)CC1C. The van der Waals surface area contributed by atoms with Gasteiger partial charge in [-0.05, 0) is 14.0 Å². The fourth-order valence-corrected chi connectivity index (χ4v) is 5.20. The summed E-state index contributed by atoms with van der Waals surface area (Å²) < 4.78 is 47.6. The summed E-state index contributed by atoms with van der Waals surface area (Å²) in [4.78, 5) is 0. The van der Waals surface area contributed by atoms with Crippen LogP contribution in [0.3, 0.4) is 0 Å². The lowest BCUT2D eigenvalue weighted by Crippen LogP contribution is -2.51. The molecule has 1 atom stereocenters. The number of hydrogen-bond acceptors (Lipinski definition) is 5. The molecule has 1 rings (SSSR count). The highest BCUT2D eigenvalue weighted by Crippen LogP contribution is 2.15. The van der Waals surface area contributed by atoms with E-state index >= 15 is 0 Å². The molecule has 0 aliphatic carbocycles. The van der Waals surface area contributed by atoms with Gasteiger partial charge in [0.05, 0.1) is 17.3 Å². The average Bonchev–Trinajstić information content (AvgIpc) is 2.12. The van der Waals surface area contributed by atoms with Crippen LogP contribution in [-0.2, 0) is 19.9 Å². The number of rotatable bonds is 4. The summed E-state index contributed by atoms with van der Waals surface area (Å²) in [5.41, 5.74) is 0. The van der Waals surface area contributed by atoms with Crippen LogP contribution in [0, 0.1) is 0 Å². The Morgan fingerprint density at radius 2 is 2.06 bits per heavy atom. The van der Waals surface area contributed by atoms with Gasteiger partial charge in [0.15, 0.2) is 9.84 Å². The first-order valence-corrected chi connectivity index (χ1v) is 8.56. The molecule has 0 aromatic carbocycles. The quantitative estimate of drug-likeness (QED) is 0.683. The molecule has 96 valence electrons. The fourth-order valence-electron chi connectivity index (χ4n) is 1.74. The van der Waals surface area contributed by atoms with Crippen LogP contribution in [0.15, 0.2) is 0 Å². The smallest absolute Gasteiger partial charge is 0.215 e. The van der Waals surface area contributed by atoms with E-state index in [-0.39, 0.29) is 23.8 Å². The van der Waals surface area contributed by atoms with E-state index in [4.69, 9.17) is 0 Å². The topological polar surface area (TPSA) is 83.6 Å². The molecule has 0 radical (unpaired) electrons. The second kappa shape index (κ2) is 4.99. The molecule has 0 amide bonds. The van der Waals surface area contributed by atoms with E-state index in [9.17, 15) is 16.8 Å². The van der Waals surface area contributed by atoms with Gasteiger partial charge in [-0.25, -0.2) is 16.8 Å². The van der Waals surface area contributed by atoms with Gasteiger partial charge in [0, 0.05) is 19.1 Å². The Kier molecular flexibility index (Phi) is 4.33. The molecule has 1 unspecified atom stereocenters. The zero-order valence-electron chi connectivity index (χ0n) is 9.51. The Morgan fingerprint density at radius 3 is 2.56 bits per heavy atom. The third-order valence-electron chi connectivity index (χ3n) is 2.58. The third-order valence-corrected chi connectivity index (χ3v) is 6.35. The normalized spacial score (nSPS) is 26.8. The van der Waals surface area contributed by atoms with Gasteiger partial charge in [-0.15, -0.1) is 0 Å². The van der Waals surface area contributed by atoms with Crippen LogP contribution >= 0.6 is 0 Å². The van der Waals surface area contributed by atoms with Crippen molar-refractivity contribution in [3.8, 4) is 0 Å². The molecule has 0 spiro atoms. The molecular formula is C8H18N2O4S2. The van der Waals surface area contributed by atoms with Gasteiger partial charge in [0.1, 0.15) is 0 Å². The molecule has 0 aromatic heterocycles. The van der Waals surface area contributed by atoms with E-state index in [1.807, 2.05) is 0 Å². The van der Waals surface area contributed by atoms with Gasteiger partial charge in [0.2, 0.25) is 10.0 Å². The number of nitrogens with zero attached hydrogens (tertiary/aromatic N) is 1. The van der Waals surface area contributed by atoms with Crippen molar-refractivity contribution in [1.29, 1.82) is 0 Å². The van der Waals surface area contributed by atoms with Gasteiger partial charge in [-0.1, -0.05) is 0 Å². The summed E-state index contributed by atoms with van der Waals surface area (Å²) in [7, 11) is -4.73. The first-order chi connectivity index (χ1) is 7.28. The first kappa shape index (κ1) is 13.9. The van der Waals surface area contributed by atoms with Crippen LogP contribution in [0.1, 0.15) is 6.92 Å². The molecule has 16 heavy (non-hydrogen) atoms. The van der Waals surface area contributed by atoms with Crippen LogP contribution in [0.2, 0.25) is 0 Å². The molecular weight excluding hydrogens is 252 g/mol. The molecule has 1 heterocycles. The Morgan fingerprint density at radius 1 is 1.44 bits per heavy atom. The van der Waals surface area contributed by atoms with Crippen molar-refractivity contribution in [2.45, 2.75) is 13.0 Å². The highest BCUT2D eigenvalue weighted by atomic mass is 32.2. The Balaban J connectivity index is 2.75. The van der Waals surface area contributed by atoms with Gasteiger partial charge < -0.3 is 5.32 Å². The van der Waals surface area contributed by atoms with Crippen molar-refractivity contribution >= 4 is 19.9 Å². The zero-order chi connectivity index (χ0) is 12.4. The van der Waals surface area contributed by atoms with E-state index in [0.29, 0.717) is 6.54 Å². The summed E-state index contributed by atoms with van der Waals surface area (Å²) in [6.07, 6.45) is 0. The standard InChI is InChI=1S/C8H18N2O4S2/c1-8-7-15(11,12)6-4-10(8)16(13,14)5-3-9-2/h8-9H,3-7H2,1-2H3. The van der Waals surface area contributed by atoms with Gasteiger partial charge in [-0.2, -0.15) is 4.31 Å². The lowest BCUT2D eigenvalue weighted by atomic mass is 10.4. The molecule has 0 bridgehead atoms. The van der Waals surface area contributed by atoms with Crippen molar-refractivity contribution in [2.24, 2.45) is 0 Å². The Bertz CT molecular complexity index is 429. The molecule has 1 fully saturated rings. The fraction of sp³-hybridized carbons (Fsp3) is 1.00. The van der Waals surface area contributed by atoms with Crippen molar-refractivity contribution in [1.82, 2.24) is 9.62 Å². The van der Waals surface area contributed by atoms with Crippen molar-refractivity contribution < 1.29 is 16.8 Å². The maximum Gasteiger partial charge on any atom is 0.215 e. The minimum absolute atomic E-state index is 0.00783. The average molecular weight is 270 g/mol. The van der Waals surface area contributed by atoms with E-state index in [0.717, 1.165) is 0 Å². The maximum absolute atomic E-state index is 11.9. The summed E-state index contributed by atoms with van der Waals surface area (Å²) in [5.74, 6) is -0.143. The second-order valence-electron chi connectivity index (χ2n) is 3.99. The third kappa shape index (κ3) is 3.41. The zero-order valence-corrected chi connectivity index (χ0v) is 11.1. The van der Waals surface area contributed by atoms with Crippen molar-refractivity contribution in [3.05, 3.63) is 0 Å². The van der Waals surface area contributed by atoms with Crippen LogP contribution in [0.25, 0.3) is 0 Å². The summed E-state index contributed by atoms with van der Waals surface area (Å²) >= 11 is 0. The molecule has 6 nitrogen and oxygen atoms in total. The summed E-state index contributed by atoms with van der Waals surface area (Å²) in [6, 6.07) is -0.458. The van der Waals surface area contributed by atoms with Gasteiger partial charge >= 0.3 is 0 Å². The Hall–Kier alpha value is -0.180. The van der Waals surface area contributed by atoms with Gasteiger partial charge in [-0.3, -0.25) is 0 Å². The van der Waals surface area contributed by atoms with E-state index in [1.54, 1.807) is 14.0 Å². The van der Waals surface area contributed by atoms with E-state index in [1.165, 1.54) is 4.31 Å². The number of sulfonamides is 1. The van der Waals surface area contributed by atoms with Gasteiger partial charge in [0.25, 0.3) is 0 Å². The summed E-state index contributed by atoms with van der Waals surface area (Å²) in [5, 5.41) is 2.77. The minimum atomic E-state index is -3.34. The lowest BCUT2D eigenvalue weighted by molar-refractivity contribution is 0.356. The summed E-state index contributed by atoms with van der Waals surface area (Å²) in [6.45, 7) is 2.08. The van der Waals surface area contributed by atoms with Crippen molar-refractivity contribution in [2.75, 3.05) is 37.4 Å². The molecule has 0 aromatic rings.